The monoisotopic (exact) mass is 460 g/mol. The highest BCUT2D eigenvalue weighted by Gasteiger charge is 2.14. The minimum absolute atomic E-state index is 0.139. The fourth-order valence-corrected chi connectivity index (χ4v) is 4.47. The van der Waals surface area contributed by atoms with E-state index in [9.17, 15) is 13.2 Å². The van der Waals surface area contributed by atoms with Crippen LogP contribution in [0.5, 0.6) is 5.75 Å². The van der Waals surface area contributed by atoms with Crippen molar-refractivity contribution in [1.82, 2.24) is 4.72 Å². The number of benzene rings is 4. The van der Waals surface area contributed by atoms with Crippen LogP contribution in [0.2, 0.25) is 0 Å². The number of hydrogen-bond donors (Lipinski definition) is 2. The molecule has 4 rings (SSSR count). The lowest BCUT2D eigenvalue weighted by Crippen LogP contribution is -2.26. The van der Waals surface area contributed by atoms with Gasteiger partial charge in [0.05, 0.1) is 4.90 Å². The number of carbonyl (C=O) groups excluding carboxylic acids is 1. The normalized spacial score (nSPS) is 11.3. The maximum absolute atomic E-state index is 12.5. The van der Waals surface area contributed by atoms with Crippen molar-refractivity contribution in [2.24, 2.45) is 0 Å². The molecule has 0 aliphatic heterocycles. The Morgan fingerprint density at radius 3 is 2.27 bits per heavy atom. The second-order valence-electron chi connectivity index (χ2n) is 7.47. The van der Waals surface area contributed by atoms with E-state index in [-0.39, 0.29) is 17.4 Å². The minimum Gasteiger partial charge on any atom is -0.483 e. The fraction of sp³-hybridized carbons (Fsp3) is 0.115. The molecule has 4 aromatic rings. The Balaban J connectivity index is 1.30. The van der Waals surface area contributed by atoms with Gasteiger partial charge in [-0.25, -0.2) is 13.1 Å². The van der Waals surface area contributed by atoms with Gasteiger partial charge in [-0.15, -0.1) is 0 Å². The molecule has 0 radical (unpaired) electrons. The van der Waals surface area contributed by atoms with E-state index < -0.39 is 10.0 Å². The van der Waals surface area contributed by atoms with Gasteiger partial charge in [-0.1, -0.05) is 66.7 Å². The molecule has 0 saturated heterocycles. The van der Waals surface area contributed by atoms with Crippen LogP contribution in [0.1, 0.15) is 5.56 Å². The number of nitrogens with one attached hydrogen (secondary N) is 2. The van der Waals surface area contributed by atoms with Gasteiger partial charge in [0.25, 0.3) is 5.91 Å². The maximum Gasteiger partial charge on any atom is 0.262 e. The number of fused-ring (bicyclic) bond motifs is 1. The molecule has 0 aliphatic carbocycles. The molecule has 33 heavy (non-hydrogen) atoms. The molecular formula is C26H24N2O4S. The Kier molecular flexibility index (Phi) is 7.02. The van der Waals surface area contributed by atoms with Crippen molar-refractivity contribution in [3.63, 3.8) is 0 Å². The van der Waals surface area contributed by atoms with E-state index in [0.717, 1.165) is 16.3 Å². The van der Waals surface area contributed by atoms with E-state index in [1.165, 1.54) is 12.1 Å². The molecule has 4 aromatic carbocycles. The van der Waals surface area contributed by atoms with Crippen LogP contribution >= 0.6 is 0 Å². The SMILES string of the molecule is O=C(COc1cccc2ccccc12)Nc1ccc(S(=O)(=O)NCCc2ccccc2)cc1. The van der Waals surface area contributed by atoms with Crippen LogP contribution in [0.4, 0.5) is 5.69 Å². The summed E-state index contributed by atoms with van der Waals surface area (Å²) in [6, 6.07) is 29.2. The predicted molar refractivity (Wildman–Crippen MR) is 130 cm³/mol. The van der Waals surface area contributed by atoms with Gasteiger partial charge in [-0.2, -0.15) is 0 Å². The first-order valence-electron chi connectivity index (χ1n) is 10.6. The molecule has 0 bridgehead atoms. The molecule has 0 saturated carbocycles. The molecule has 0 fully saturated rings. The van der Waals surface area contributed by atoms with Crippen molar-refractivity contribution in [2.45, 2.75) is 11.3 Å². The lowest BCUT2D eigenvalue weighted by atomic mass is 10.1. The van der Waals surface area contributed by atoms with Crippen molar-refractivity contribution < 1.29 is 17.9 Å². The van der Waals surface area contributed by atoms with Crippen LogP contribution in [0.3, 0.4) is 0 Å². The summed E-state index contributed by atoms with van der Waals surface area (Å²) < 4.78 is 33.3. The number of hydrogen-bond acceptors (Lipinski definition) is 4. The van der Waals surface area contributed by atoms with Gasteiger partial charge in [0, 0.05) is 17.6 Å². The molecule has 0 aliphatic rings. The zero-order valence-electron chi connectivity index (χ0n) is 17.9. The van der Waals surface area contributed by atoms with E-state index in [4.69, 9.17) is 4.74 Å². The fourth-order valence-electron chi connectivity index (χ4n) is 3.44. The van der Waals surface area contributed by atoms with Crippen molar-refractivity contribution >= 4 is 32.4 Å². The van der Waals surface area contributed by atoms with Gasteiger partial charge in [0.1, 0.15) is 5.75 Å². The van der Waals surface area contributed by atoms with Crippen LogP contribution in [-0.4, -0.2) is 27.5 Å². The average Bonchev–Trinajstić information content (AvgIpc) is 2.83. The van der Waals surface area contributed by atoms with Crippen LogP contribution in [-0.2, 0) is 21.2 Å². The van der Waals surface area contributed by atoms with Gasteiger partial charge in [0.15, 0.2) is 6.61 Å². The van der Waals surface area contributed by atoms with Crippen molar-refractivity contribution in [2.75, 3.05) is 18.5 Å². The summed E-state index contributed by atoms with van der Waals surface area (Å²) in [6.45, 7) is 0.144. The zero-order valence-corrected chi connectivity index (χ0v) is 18.7. The number of rotatable bonds is 9. The third-order valence-corrected chi connectivity index (χ3v) is 6.58. The minimum atomic E-state index is -3.63. The summed E-state index contributed by atoms with van der Waals surface area (Å²) in [7, 11) is -3.63. The van der Waals surface area contributed by atoms with Crippen LogP contribution in [0.25, 0.3) is 10.8 Å². The van der Waals surface area contributed by atoms with Gasteiger partial charge in [-0.05, 0) is 47.7 Å². The second-order valence-corrected chi connectivity index (χ2v) is 9.24. The first-order chi connectivity index (χ1) is 16.0. The van der Waals surface area contributed by atoms with Gasteiger partial charge >= 0.3 is 0 Å². The highest BCUT2D eigenvalue weighted by atomic mass is 32.2. The molecule has 0 aromatic heterocycles. The van der Waals surface area contributed by atoms with E-state index in [1.54, 1.807) is 12.1 Å². The van der Waals surface area contributed by atoms with E-state index in [2.05, 4.69) is 10.0 Å². The summed E-state index contributed by atoms with van der Waals surface area (Å²) in [5.74, 6) is 0.297. The topological polar surface area (TPSA) is 84.5 Å². The number of ether oxygens (including phenoxy) is 1. The summed E-state index contributed by atoms with van der Waals surface area (Å²) >= 11 is 0. The Labute approximate surface area is 193 Å². The molecule has 1 amide bonds. The lowest BCUT2D eigenvalue weighted by molar-refractivity contribution is -0.118. The summed E-state index contributed by atoms with van der Waals surface area (Å²) in [5.41, 5.74) is 1.55. The Hall–Kier alpha value is -3.68. The molecule has 0 heterocycles. The van der Waals surface area contributed by atoms with Gasteiger partial charge in [-0.3, -0.25) is 4.79 Å². The Bertz CT molecular complexity index is 1330. The lowest BCUT2D eigenvalue weighted by Gasteiger charge is -2.11. The maximum atomic E-state index is 12.5. The molecule has 6 nitrogen and oxygen atoms in total. The third-order valence-electron chi connectivity index (χ3n) is 5.11. The van der Waals surface area contributed by atoms with Crippen LogP contribution in [0.15, 0.2) is 102 Å². The molecule has 168 valence electrons. The molecule has 2 N–H and O–H groups in total. The second kappa shape index (κ2) is 10.3. The number of sulfonamides is 1. The van der Waals surface area contributed by atoms with Crippen LogP contribution in [0, 0.1) is 0 Å². The first-order valence-corrected chi connectivity index (χ1v) is 12.0. The van der Waals surface area contributed by atoms with E-state index >= 15 is 0 Å². The van der Waals surface area contributed by atoms with Gasteiger partial charge < -0.3 is 10.1 Å². The highest BCUT2D eigenvalue weighted by molar-refractivity contribution is 7.89. The van der Waals surface area contributed by atoms with E-state index in [0.29, 0.717) is 24.4 Å². The Morgan fingerprint density at radius 1 is 0.788 bits per heavy atom. The first kappa shape index (κ1) is 22.5. The number of anilines is 1. The van der Waals surface area contributed by atoms with Crippen molar-refractivity contribution in [1.29, 1.82) is 0 Å². The number of carbonyl (C=O) groups is 1. The van der Waals surface area contributed by atoms with Gasteiger partial charge in [0.2, 0.25) is 10.0 Å². The molecule has 7 heteroatoms. The smallest absolute Gasteiger partial charge is 0.262 e. The molecule has 0 spiro atoms. The standard InChI is InChI=1S/C26H24N2O4S/c29-26(19-32-25-12-6-10-21-9-4-5-11-24(21)25)28-22-13-15-23(16-14-22)33(30,31)27-18-17-20-7-2-1-3-8-20/h1-16,27H,17-19H2,(H,28,29). The quantitative estimate of drug-likeness (QED) is 0.388. The molecular weight excluding hydrogens is 436 g/mol. The average molecular weight is 461 g/mol. The molecule has 0 atom stereocenters. The van der Waals surface area contributed by atoms with Crippen molar-refractivity contribution in [3.05, 3.63) is 103 Å². The van der Waals surface area contributed by atoms with E-state index in [1.807, 2.05) is 72.8 Å². The summed E-state index contributed by atoms with van der Waals surface area (Å²) in [4.78, 5) is 12.5. The highest BCUT2D eigenvalue weighted by Crippen LogP contribution is 2.25. The third kappa shape index (κ3) is 5.97. The van der Waals surface area contributed by atoms with Crippen LogP contribution < -0.4 is 14.8 Å². The summed E-state index contributed by atoms with van der Waals surface area (Å²) in [6.07, 6.45) is 0.602. The largest absolute Gasteiger partial charge is 0.483 e. The summed E-state index contributed by atoms with van der Waals surface area (Å²) in [5, 5.41) is 4.69. The predicted octanol–water partition coefficient (Wildman–Crippen LogP) is 4.38. The molecule has 0 unspecified atom stereocenters. The zero-order chi connectivity index (χ0) is 23.1. The Morgan fingerprint density at radius 2 is 1.48 bits per heavy atom. The van der Waals surface area contributed by atoms with Crippen molar-refractivity contribution in [3.8, 4) is 5.75 Å². The number of amides is 1.